The van der Waals surface area contributed by atoms with E-state index in [0.29, 0.717) is 0 Å². The molecule has 1 saturated heterocycles. The van der Waals surface area contributed by atoms with Gasteiger partial charge in [0.1, 0.15) is 13.1 Å². The van der Waals surface area contributed by atoms with E-state index in [1.165, 1.54) is 4.90 Å². The summed E-state index contributed by atoms with van der Waals surface area (Å²) in [6, 6.07) is -0.938. The van der Waals surface area contributed by atoms with Gasteiger partial charge >= 0.3 is 18.2 Å². The largest absolute Gasteiger partial charge is 0.480 e. The summed E-state index contributed by atoms with van der Waals surface area (Å²) in [7, 11) is 0. The molecule has 0 aromatic heterocycles. The number of aliphatic carboxylic acids is 1. The number of halogens is 3. The van der Waals surface area contributed by atoms with Crippen molar-refractivity contribution in [1.82, 2.24) is 9.80 Å². The van der Waals surface area contributed by atoms with Crippen LogP contribution in [0.15, 0.2) is 0 Å². The normalized spacial score (nSPS) is 23.6. The molecule has 1 fully saturated rings. The van der Waals surface area contributed by atoms with Gasteiger partial charge in [0.05, 0.1) is 12.2 Å². The van der Waals surface area contributed by atoms with Gasteiger partial charge in [-0.25, -0.2) is 4.79 Å². The molecule has 116 valence electrons. The average Bonchev–Trinajstić information content (AvgIpc) is 2.23. The van der Waals surface area contributed by atoms with Crippen molar-refractivity contribution in [2.24, 2.45) is 0 Å². The molecule has 2 amide bonds. The molecule has 2 unspecified atom stereocenters. The van der Waals surface area contributed by atoms with Gasteiger partial charge in [0, 0.05) is 13.1 Å². The zero-order valence-corrected chi connectivity index (χ0v) is 11.2. The lowest BCUT2D eigenvalue weighted by Crippen LogP contribution is -2.55. The van der Waals surface area contributed by atoms with Crippen molar-refractivity contribution in [2.45, 2.75) is 32.2 Å². The number of alkyl halides is 3. The summed E-state index contributed by atoms with van der Waals surface area (Å²) in [6.07, 6.45) is -5.25. The number of carboxylic acid groups (broad SMARTS) is 1. The van der Waals surface area contributed by atoms with Crippen LogP contribution in [0, 0.1) is 0 Å². The first-order chi connectivity index (χ1) is 9.08. The van der Waals surface area contributed by atoms with E-state index >= 15 is 0 Å². The third-order valence-corrected chi connectivity index (χ3v) is 2.66. The van der Waals surface area contributed by atoms with Gasteiger partial charge in [-0.3, -0.25) is 4.79 Å². The monoisotopic (exact) mass is 298 g/mol. The molecule has 1 heterocycles. The molecule has 0 radical (unpaired) electrons. The number of nitrogens with zero attached hydrogens (tertiary/aromatic N) is 2. The van der Waals surface area contributed by atoms with Crippen molar-refractivity contribution in [3.8, 4) is 0 Å². The number of amides is 2. The predicted molar refractivity (Wildman–Crippen MR) is 62.2 cm³/mol. The number of hydrogen-bond donors (Lipinski definition) is 1. The Morgan fingerprint density at radius 2 is 1.80 bits per heavy atom. The molecule has 1 aliphatic rings. The molecular formula is C11H17F3N2O4. The van der Waals surface area contributed by atoms with E-state index in [2.05, 4.69) is 0 Å². The minimum atomic E-state index is -4.64. The van der Waals surface area contributed by atoms with Crippen molar-refractivity contribution >= 4 is 12.0 Å². The van der Waals surface area contributed by atoms with Gasteiger partial charge in [-0.2, -0.15) is 13.2 Å². The summed E-state index contributed by atoms with van der Waals surface area (Å²) < 4.78 is 42.6. The van der Waals surface area contributed by atoms with Crippen LogP contribution in [0.1, 0.15) is 13.8 Å². The molecule has 0 aliphatic carbocycles. The molecule has 20 heavy (non-hydrogen) atoms. The Morgan fingerprint density at radius 1 is 1.30 bits per heavy atom. The quantitative estimate of drug-likeness (QED) is 0.849. The minimum Gasteiger partial charge on any atom is -0.480 e. The molecule has 0 saturated carbocycles. The van der Waals surface area contributed by atoms with Crippen molar-refractivity contribution in [3.63, 3.8) is 0 Å². The fourth-order valence-corrected chi connectivity index (χ4v) is 2.10. The lowest BCUT2D eigenvalue weighted by atomic mass is 10.2. The number of rotatable bonds is 3. The van der Waals surface area contributed by atoms with Crippen LogP contribution in [-0.2, 0) is 9.53 Å². The fourth-order valence-electron chi connectivity index (χ4n) is 2.10. The van der Waals surface area contributed by atoms with E-state index in [4.69, 9.17) is 9.84 Å². The molecule has 0 spiro atoms. The first kappa shape index (κ1) is 16.5. The van der Waals surface area contributed by atoms with Crippen molar-refractivity contribution < 1.29 is 32.6 Å². The second-order valence-corrected chi connectivity index (χ2v) is 4.81. The van der Waals surface area contributed by atoms with Crippen LogP contribution in [0.5, 0.6) is 0 Å². The number of ether oxygens (including phenoxy) is 1. The van der Waals surface area contributed by atoms with Gasteiger partial charge in [-0.15, -0.1) is 0 Å². The highest BCUT2D eigenvalue weighted by molar-refractivity contribution is 5.80. The van der Waals surface area contributed by atoms with Crippen LogP contribution in [0.4, 0.5) is 18.0 Å². The highest BCUT2D eigenvalue weighted by Crippen LogP contribution is 2.19. The Bertz CT molecular complexity index is 365. The molecule has 0 aromatic rings. The van der Waals surface area contributed by atoms with Gasteiger partial charge in [0.2, 0.25) is 0 Å². The second kappa shape index (κ2) is 6.29. The molecule has 9 heteroatoms. The van der Waals surface area contributed by atoms with E-state index in [1.54, 1.807) is 13.8 Å². The Morgan fingerprint density at radius 3 is 2.20 bits per heavy atom. The van der Waals surface area contributed by atoms with Gasteiger partial charge in [0.25, 0.3) is 0 Å². The first-order valence-electron chi connectivity index (χ1n) is 6.06. The maximum atomic E-state index is 12.4. The van der Waals surface area contributed by atoms with Crippen molar-refractivity contribution in [1.29, 1.82) is 0 Å². The predicted octanol–water partition coefficient (Wildman–Crippen LogP) is 1.16. The van der Waals surface area contributed by atoms with Crippen LogP contribution in [0.3, 0.4) is 0 Å². The Labute approximate surface area is 114 Å². The number of urea groups is 1. The Kier molecular flexibility index (Phi) is 5.21. The van der Waals surface area contributed by atoms with Gasteiger partial charge in [-0.05, 0) is 13.8 Å². The minimum absolute atomic E-state index is 0.136. The zero-order chi connectivity index (χ0) is 15.5. The molecule has 2 atom stereocenters. The summed E-state index contributed by atoms with van der Waals surface area (Å²) >= 11 is 0. The highest BCUT2D eigenvalue weighted by Gasteiger charge is 2.37. The lowest BCUT2D eigenvalue weighted by molar-refractivity contribution is -0.150. The Balaban J connectivity index is 2.78. The van der Waals surface area contributed by atoms with Crippen molar-refractivity contribution in [2.75, 3.05) is 26.2 Å². The number of carbonyl (C=O) groups excluding carboxylic acids is 1. The number of hydrogen-bond acceptors (Lipinski definition) is 3. The van der Waals surface area contributed by atoms with Gasteiger partial charge < -0.3 is 19.6 Å². The van der Waals surface area contributed by atoms with Crippen LogP contribution in [0.25, 0.3) is 0 Å². The molecule has 0 bridgehead atoms. The lowest BCUT2D eigenvalue weighted by Gasteiger charge is -2.38. The van der Waals surface area contributed by atoms with E-state index < -0.39 is 31.3 Å². The van der Waals surface area contributed by atoms with E-state index in [1.807, 2.05) is 0 Å². The van der Waals surface area contributed by atoms with Crippen LogP contribution in [0.2, 0.25) is 0 Å². The molecular weight excluding hydrogens is 281 g/mol. The number of morpholine rings is 1. The van der Waals surface area contributed by atoms with Crippen LogP contribution in [-0.4, -0.2) is 71.5 Å². The topological polar surface area (TPSA) is 70.1 Å². The molecule has 1 N–H and O–H groups in total. The van der Waals surface area contributed by atoms with Gasteiger partial charge in [0.15, 0.2) is 0 Å². The van der Waals surface area contributed by atoms with Crippen molar-refractivity contribution in [3.05, 3.63) is 0 Å². The smallest absolute Gasteiger partial charge is 0.406 e. The standard InChI is InChI=1S/C11H17F3N2O4/c1-7-3-15(4-8(2)20-7)10(19)16(5-9(17)18)6-11(12,13)14/h7-8H,3-6H2,1-2H3,(H,17,18). The summed E-state index contributed by atoms with van der Waals surface area (Å²) in [5, 5.41) is 8.63. The molecule has 0 aromatic carbocycles. The van der Waals surface area contributed by atoms with Gasteiger partial charge in [-0.1, -0.05) is 0 Å². The highest BCUT2D eigenvalue weighted by atomic mass is 19.4. The van der Waals surface area contributed by atoms with Crippen LogP contribution < -0.4 is 0 Å². The zero-order valence-electron chi connectivity index (χ0n) is 11.2. The molecule has 1 aliphatic heterocycles. The fraction of sp³-hybridized carbons (Fsp3) is 0.818. The average molecular weight is 298 g/mol. The summed E-state index contributed by atoms with van der Waals surface area (Å²) in [5.74, 6) is -1.49. The summed E-state index contributed by atoms with van der Waals surface area (Å²) in [5.41, 5.74) is 0. The van der Waals surface area contributed by atoms with E-state index in [9.17, 15) is 22.8 Å². The second-order valence-electron chi connectivity index (χ2n) is 4.81. The third kappa shape index (κ3) is 5.24. The SMILES string of the molecule is CC1CN(C(=O)N(CC(=O)O)CC(F)(F)F)CC(C)O1. The van der Waals surface area contributed by atoms with E-state index in [-0.39, 0.29) is 30.2 Å². The Hall–Kier alpha value is -1.51. The maximum absolute atomic E-state index is 12.4. The number of carboxylic acids is 1. The molecule has 6 nitrogen and oxygen atoms in total. The molecule has 1 rings (SSSR count). The van der Waals surface area contributed by atoms with Crippen LogP contribution >= 0.6 is 0 Å². The first-order valence-corrected chi connectivity index (χ1v) is 6.06. The third-order valence-electron chi connectivity index (χ3n) is 2.66. The number of carbonyl (C=O) groups is 2. The summed E-state index contributed by atoms with van der Waals surface area (Å²) in [4.78, 5) is 24.1. The van der Waals surface area contributed by atoms with E-state index in [0.717, 1.165) is 0 Å². The summed E-state index contributed by atoms with van der Waals surface area (Å²) in [6.45, 7) is 1.09. The maximum Gasteiger partial charge on any atom is 0.406 e.